The minimum atomic E-state index is -0.517. The topological polar surface area (TPSA) is 34.2 Å². The van der Waals surface area contributed by atoms with Crippen molar-refractivity contribution in [1.82, 2.24) is 4.98 Å². The highest BCUT2D eigenvalue weighted by atomic mass is 32.1. The van der Waals surface area contributed by atoms with Crippen molar-refractivity contribution in [1.29, 1.82) is 0 Å². The van der Waals surface area contributed by atoms with Crippen molar-refractivity contribution >= 4 is 22.9 Å². The van der Waals surface area contributed by atoms with E-state index >= 15 is 0 Å². The largest absolute Gasteiger partial charge is 0.375 e. The molecule has 0 unspecified atom stereocenters. The van der Waals surface area contributed by atoms with E-state index in [1.165, 1.54) is 12.3 Å². The number of hydrogen-bond donors (Lipinski definition) is 1. The van der Waals surface area contributed by atoms with E-state index in [0.717, 1.165) is 5.56 Å². The van der Waals surface area contributed by atoms with Crippen molar-refractivity contribution in [2.24, 2.45) is 0 Å². The predicted molar refractivity (Wildman–Crippen MR) is 75.5 cm³/mol. The summed E-state index contributed by atoms with van der Waals surface area (Å²) in [6, 6.07) is 1.34. The molecule has 0 atom stereocenters. The van der Waals surface area contributed by atoms with E-state index in [1.807, 2.05) is 27.7 Å². The molecule has 1 heterocycles. The molecular weight excluding hydrogens is 251 g/mol. The van der Waals surface area contributed by atoms with Crippen molar-refractivity contribution in [3.8, 4) is 0 Å². The predicted octanol–water partition coefficient (Wildman–Crippen LogP) is 3.47. The lowest BCUT2D eigenvalue weighted by Gasteiger charge is -2.19. The SMILES string of the molecule is Cc1cnc(F)cc1NC(=S)CCOC(C)(C)C. The van der Waals surface area contributed by atoms with Gasteiger partial charge < -0.3 is 10.1 Å². The van der Waals surface area contributed by atoms with Crippen LogP contribution in [0.4, 0.5) is 10.1 Å². The van der Waals surface area contributed by atoms with Crippen LogP contribution in [-0.4, -0.2) is 22.2 Å². The Balaban J connectivity index is 2.47. The van der Waals surface area contributed by atoms with Gasteiger partial charge in [-0.25, -0.2) is 4.98 Å². The van der Waals surface area contributed by atoms with Gasteiger partial charge in [-0.1, -0.05) is 12.2 Å². The number of nitrogens with zero attached hydrogens (tertiary/aromatic N) is 1. The Morgan fingerprint density at radius 3 is 2.78 bits per heavy atom. The van der Waals surface area contributed by atoms with Gasteiger partial charge in [-0.3, -0.25) is 0 Å². The number of anilines is 1. The standard InChI is InChI=1S/C13H19FN2OS/c1-9-8-15-11(14)7-10(9)16-12(18)5-6-17-13(2,3)4/h7-8H,5-6H2,1-4H3,(H,15,16,18). The first-order chi connectivity index (χ1) is 8.28. The smallest absolute Gasteiger partial charge is 0.214 e. The van der Waals surface area contributed by atoms with Crippen molar-refractivity contribution in [3.05, 3.63) is 23.8 Å². The lowest BCUT2D eigenvalue weighted by atomic mass is 10.2. The van der Waals surface area contributed by atoms with Gasteiger partial charge in [0.05, 0.1) is 17.2 Å². The zero-order valence-corrected chi connectivity index (χ0v) is 12.0. The second-order valence-electron chi connectivity index (χ2n) is 5.08. The average molecular weight is 270 g/mol. The Bertz CT molecular complexity index is 429. The molecule has 0 aliphatic heterocycles. The van der Waals surface area contributed by atoms with Gasteiger partial charge in [0.2, 0.25) is 5.95 Å². The summed E-state index contributed by atoms with van der Waals surface area (Å²) in [5, 5.41) is 3.01. The summed E-state index contributed by atoms with van der Waals surface area (Å²) in [4.78, 5) is 4.20. The molecule has 3 nitrogen and oxygen atoms in total. The highest BCUT2D eigenvalue weighted by Gasteiger charge is 2.10. The molecule has 0 fully saturated rings. The second kappa shape index (κ2) is 6.20. The quantitative estimate of drug-likeness (QED) is 0.671. The minimum Gasteiger partial charge on any atom is -0.375 e. The highest BCUT2D eigenvalue weighted by Crippen LogP contribution is 2.15. The fourth-order valence-corrected chi connectivity index (χ4v) is 1.49. The maximum absolute atomic E-state index is 13.0. The summed E-state index contributed by atoms with van der Waals surface area (Å²) in [6.45, 7) is 8.37. The Morgan fingerprint density at radius 2 is 2.17 bits per heavy atom. The number of rotatable bonds is 4. The van der Waals surface area contributed by atoms with Gasteiger partial charge in [0.15, 0.2) is 0 Å². The van der Waals surface area contributed by atoms with Crippen LogP contribution in [-0.2, 0) is 4.74 Å². The molecule has 1 aromatic heterocycles. The lowest BCUT2D eigenvalue weighted by Crippen LogP contribution is -2.22. The third kappa shape index (κ3) is 5.51. The number of thiocarbonyl (C=S) groups is 1. The van der Waals surface area contributed by atoms with E-state index < -0.39 is 5.95 Å². The molecule has 0 aliphatic carbocycles. The van der Waals surface area contributed by atoms with Crippen LogP contribution in [0.1, 0.15) is 32.8 Å². The van der Waals surface area contributed by atoms with Gasteiger partial charge in [-0.2, -0.15) is 4.39 Å². The zero-order chi connectivity index (χ0) is 13.8. The molecule has 0 spiro atoms. The third-order valence-corrected chi connectivity index (χ3v) is 2.51. The zero-order valence-electron chi connectivity index (χ0n) is 11.2. The molecule has 100 valence electrons. The van der Waals surface area contributed by atoms with Gasteiger partial charge >= 0.3 is 0 Å². The Hall–Kier alpha value is -1.07. The normalized spacial score (nSPS) is 11.4. The number of aromatic nitrogens is 1. The van der Waals surface area contributed by atoms with E-state index in [1.54, 1.807) is 0 Å². The highest BCUT2D eigenvalue weighted by molar-refractivity contribution is 7.80. The van der Waals surface area contributed by atoms with Crippen LogP contribution in [0.25, 0.3) is 0 Å². The van der Waals surface area contributed by atoms with Crippen molar-refractivity contribution in [2.75, 3.05) is 11.9 Å². The fraction of sp³-hybridized carbons (Fsp3) is 0.538. The maximum Gasteiger partial charge on any atom is 0.214 e. The molecule has 0 aliphatic rings. The molecule has 0 bridgehead atoms. The Labute approximate surface area is 113 Å². The number of ether oxygens (including phenoxy) is 1. The first-order valence-corrected chi connectivity index (χ1v) is 6.25. The van der Waals surface area contributed by atoms with Crippen LogP contribution in [0.3, 0.4) is 0 Å². The van der Waals surface area contributed by atoms with Crippen LogP contribution in [0, 0.1) is 12.9 Å². The summed E-state index contributed by atoms with van der Waals surface area (Å²) in [5.41, 5.74) is 1.34. The lowest BCUT2D eigenvalue weighted by molar-refractivity contribution is 0.00150. The first-order valence-electron chi connectivity index (χ1n) is 5.84. The van der Waals surface area contributed by atoms with Crippen LogP contribution >= 0.6 is 12.2 Å². The summed E-state index contributed by atoms with van der Waals surface area (Å²) < 4.78 is 18.6. The molecular formula is C13H19FN2OS. The van der Waals surface area contributed by atoms with Crippen molar-refractivity contribution in [3.63, 3.8) is 0 Å². The summed E-state index contributed by atoms with van der Waals surface area (Å²) >= 11 is 5.19. The molecule has 18 heavy (non-hydrogen) atoms. The summed E-state index contributed by atoms with van der Waals surface area (Å²) in [6.07, 6.45) is 2.09. The number of hydrogen-bond acceptors (Lipinski definition) is 3. The molecule has 0 saturated carbocycles. The monoisotopic (exact) mass is 270 g/mol. The van der Waals surface area contributed by atoms with Crippen LogP contribution in [0.5, 0.6) is 0 Å². The van der Waals surface area contributed by atoms with Gasteiger partial charge in [-0.05, 0) is 33.3 Å². The maximum atomic E-state index is 13.0. The number of pyridine rings is 1. The fourth-order valence-electron chi connectivity index (χ4n) is 1.30. The summed E-state index contributed by atoms with van der Waals surface area (Å²) in [7, 11) is 0. The van der Waals surface area contributed by atoms with E-state index in [0.29, 0.717) is 23.7 Å². The molecule has 0 aromatic carbocycles. The molecule has 1 aromatic rings. The number of nitrogens with one attached hydrogen (secondary N) is 1. The van der Waals surface area contributed by atoms with Gasteiger partial charge in [0.25, 0.3) is 0 Å². The molecule has 0 radical (unpaired) electrons. The van der Waals surface area contributed by atoms with Gasteiger partial charge in [0.1, 0.15) is 0 Å². The molecule has 1 rings (SSSR count). The van der Waals surface area contributed by atoms with E-state index in [-0.39, 0.29) is 5.60 Å². The van der Waals surface area contributed by atoms with Crippen LogP contribution in [0.2, 0.25) is 0 Å². The van der Waals surface area contributed by atoms with Crippen molar-refractivity contribution < 1.29 is 9.13 Å². The Morgan fingerprint density at radius 1 is 1.50 bits per heavy atom. The van der Waals surface area contributed by atoms with Gasteiger partial charge in [-0.15, -0.1) is 0 Å². The molecule has 0 amide bonds. The van der Waals surface area contributed by atoms with Crippen LogP contribution < -0.4 is 5.32 Å². The van der Waals surface area contributed by atoms with E-state index in [4.69, 9.17) is 17.0 Å². The van der Waals surface area contributed by atoms with Crippen LogP contribution in [0.15, 0.2) is 12.3 Å². The molecule has 0 saturated heterocycles. The third-order valence-electron chi connectivity index (χ3n) is 2.21. The molecule has 1 N–H and O–H groups in total. The van der Waals surface area contributed by atoms with E-state index in [9.17, 15) is 4.39 Å². The number of halogens is 1. The van der Waals surface area contributed by atoms with Gasteiger partial charge in [0, 0.05) is 24.4 Å². The van der Waals surface area contributed by atoms with E-state index in [2.05, 4.69) is 10.3 Å². The first kappa shape index (κ1) is 15.0. The molecule has 5 heteroatoms. The Kier molecular flexibility index (Phi) is 5.16. The number of aryl methyl sites for hydroxylation is 1. The average Bonchev–Trinajstić information content (AvgIpc) is 2.21. The second-order valence-corrected chi connectivity index (χ2v) is 5.57. The van der Waals surface area contributed by atoms with Crippen molar-refractivity contribution in [2.45, 2.75) is 39.7 Å². The minimum absolute atomic E-state index is 0.172. The summed E-state index contributed by atoms with van der Waals surface area (Å²) in [5.74, 6) is -0.517.